The highest BCUT2D eigenvalue weighted by atomic mass is 79.9. The van der Waals surface area contributed by atoms with Gasteiger partial charge in [-0.25, -0.2) is 0 Å². The molecule has 2 amide bonds. The molecule has 0 heterocycles. The largest absolute Gasteiger partial charge is 0.494 e. The van der Waals surface area contributed by atoms with Gasteiger partial charge in [0.1, 0.15) is 5.75 Å². The van der Waals surface area contributed by atoms with E-state index >= 15 is 0 Å². The fourth-order valence-corrected chi connectivity index (χ4v) is 2.98. The SMILES string of the molecule is CCOc1ccc(NC(=O)CSCC(=O)Nc2ccccc2Br)cc1. The summed E-state index contributed by atoms with van der Waals surface area (Å²) in [6.07, 6.45) is 0. The Morgan fingerprint density at radius 1 is 1.00 bits per heavy atom. The fourth-order valence-electron chi connectivity index (χ4n) is 1.98. The maximum atomic E-state index is 11.9. The normalized spacial score (nSPS) is 10.2. The number of para-hydroxylation sites is 1. The van der Waals surface area contributed by atoms with Crippen molar-refractivity contribution in [2.24, 2.45) is 0 Å². The number of amides is 2. The molecule has 0 spiro atoms. The Kier molecular flexibility index (Phi) is 7.81. The van der Waals surface area contributed by atoms with Crippen LogP contribution in [0.1, 0.15) is 6.92 Å². The van der Waals surface area contributed by atoms with Gasteiger partial charge in [-0.1, -0.05) is 12.1 Å². The molecule has 2 rings (SSSR count). The molecule has 0 atom stereocenters. The molecule has 0 aliphatic rings. The van der Waals surface area contributed by atoms with Crippen molar-refractivity contribution in [2.75, 3.05) is 28.7 Å². The third kappa shape index (κ3) is 6.80. The molecule has 132 valence electrons. The second-order valence-electron chi connectivity index (χ2n) is 5.03. The summed E-state index contributed by atoms with van der Waals surface area (Å²) in [6, 6.07) is 14.6. The molecule has 0 unspecified atom stereocenters. The highest BCUT2D eigenvalue weighted by Crippen LogP contribution is 2.21. The summed E-state index contributed by atoms with van der Waals surface area (Å²) in [5.41, 5.74) is 1.42. The molecule has 0 saturated heterocycles. The molecule has 5 nitrogen and oxygen atoms in total. The highest BCUT2D eigenvalue weighted by molar-refractivity contribution is 9.10. The first-order valence-electron chi connectivity index (χ1n) is 7.73. The first-order valence-corrected chi connectivity index (χ1v) is 9.68. The molecule has 0 fully saturated rings. The number of halogens is 1. The standard InChI is InChI=1S/C18H19BrN2O3S/c1-2-24-14-9-7-13(8-10-14)20-17(22)11-25-12-18(23)21-16-6-4-3-5-15(16)19/h3-10H,2,11-12H2,1H3,(H,20,22)(H,21,23). The number of rotatable bonds is 8. The average Bonchev–Trinajstić information content (AvgIpc) is 2.59. The molecular weight excluding hydrogens is 404 g/mol. The number of hydrogen-bond acceptors (Lipinski definition) is 4. The van der Waals surface area contributed by atoms with E-state index in [9.17, 15) is 9.59 Å². The van der Waals surface area contributed by atoms with Gasteiger partial charge >= 0.3 is 0 Å². The molecule has 2 aromatic rings. The fraction of sp³-hybridized carbons (Fsp3) is 0.222. The molecule has 0 aliphatic carbocycles. The number of benzene rings is 2. The minimum Gasteiger partial charge on any atom is -0.494 e. The van der Waals surface area contributed by atoms with Crippen molar-refractivity contribution in [3.8, 4) is 5.75 Å². The van der Waals surface area contributed by atoms with Crippen LogP contribution in [0.25, 0.3) is 0 Å². The summed E-state index contributed by atoms with van der Waals surface area (Å²) in [7, 11) is 0. The minimum atomic E-state index is -0.150. The average molecular weight is 423 g/mol. The quantitative estimate of drug-likeness (QED) is 0.669. The first kappa shape index (κ1) is 19.3. The third-order valence-electron chi connectivity index (χ3n) is 3.06. The summed E-state index contributed by atoms with van der Waals surface area (Å²) in [5.74, 6) is 0.876. The van der Waals surface area contributed by atoms with Crippen LogP contribution in [-0.2, 0) is 9.59 Å². The van der Waals surface area contributed by atoms with Crippen LogP contribution in [0.5, 0.6) is 5.75 Å². The van der Waals surface area contributed by atoms with Crippen LogP contribution in [0.2, 0.25) is 0 Å². The summed E-state index contributed by atoms with van der Waals surface area (Å²) in [4.78, 5) is 23.8. The van der Waals surface area contributed by atoms with Gasteiger partial charge < -0.3 is 15.4 Å². The van der Waals surface area contributed by atoms with Gasteiger partial charge in [0.2, 0.25) is 11.8 Å². The van der Waals surface area contributed by atoms with Crippen LogP contribution in [0.15, 0.2) is 53.0 Å². The molecule has 0 radical (unpaired) electrons. The number of carbonyl (C=O) groups excluding carboxylic acids is 2. The van der Waals surface area contributed by atoms with Crippen molar-refractivity contribution in [1.82, 2.24) is 0 Å². The van der Waals surface area contributed by atoms with Gasteiger partial charge in [0.15, 0.2) is 0 Å². The number of hydrogen-bond donors (Lipinski definition) is 2. The molecule has 25 heavy (non-hydrogen) atoms. The Morgan fingerprint density at radius 2 is 1.64 bits per heavy atom. The van der Waals surface area contributed by atoms with Crippen LogP contribution in [0, 0.1) is 0 Å². The van der Waals surface area contributed by atoms with Gasteiger partial charge in [0.25, 0.3) is 0 Å². The number of carbonyl (C=O) groups is 2. The lowest BCUT2D eigenvalue weighted by Crippen LogP contribution is -2.18. The molecule has 0 saturated carbocycles. The summed E-state index contributed by atoms with van der Waals surface area (Å²) in [6.45, 7) is 2.52. The summed E-state index contributed by atoms with van der Waals surface area (Å²) >= 11 is 4.63. The van der Waals surface area contributed by atoms with E-state index in [0.717, 1.165) is 10.2 Å². The highest BCUT2D eigenvalue weighted by Gasteiger charge is 2.08. The van der Waals surface area contributed by atoms with E-state index in [1.54, 1.807) is 24.3 Å². The molecule has 0 bridgehead atoms. The number of ether oxygens (including phenoxy) is 1. The van der Waals surface area contributed by atoms with E-state index < -0.39 is 0 Å². The Balaban J connectivity index is 1.71. The monoisotopic (exact) mass is 422 g/mol. The molecule has 2 aromatic carbocycles. The first-order chi connectivity index (χ1) is 12.1. The molecular formula is C18H19BrN2O3S. The van der Waals surface area contributed by atoms with Crippen molar-refractivity contribution in [3.63, 3.8) is 0 Å². The minimum absolute atomic E-state index is 0.147. The Labute approximate surface area is 159 Å². The van der Waals surface area contributed by atoms with Crippen LogP contribution in [0.3, 0.4) is 0 Å². The van der Waals surface area contributed by atoms with E-state index in [-0.39, 0.29) is 23.3 Å². The predicted octanol–water partition coefficient (Wildman–Crippen LogP) is 4.16. The lowest BCUT2D eigenvalue weighted by molar-refractivity contribution is -0.114. The zero-order valence-electron chi connectivity index (χ0n) is 13.8. The van der Waals surface area contributed by atoms with Gasteiger partial charge in [-0.15, -0.1) is 11.8 Å². The van der Waals surface area contributed by atoms with Gasteiger partial charge in [-0.3, -0.25) is 9.59 Å². The smallest absolute Gasteiger partial charge is 0.234 e. The van der Waals surface area contributed by atoms with Crippen molar-refractivity contribution < 1.29 is 14.3 Å². The van der Waals surface area contributed by atoms with Gasteiger partial charge in [0, 0.05) is 10.2 Å². The molecule has 7 heteroatoms. The maximum absolute atomic E-state index is 11.9. The van der Waals surface area contributed by atoms with Crippen molar-refractivity contribution >= 4 is 50.9 Å². The zero-order chi connectivity index (χ0) is 18.1. The topological polar surface area (TPSA) is 67.4 Å². The van der Waals surface area contributed by atoms with Crippen LogP contribution < -0.4 is 15.4 Å². The summed E-state index contributed by atoms with van der Waals surface area (Å²) in [5, 5.41) is 5.59. The second kappa shape index (κ2) is 10.1. The Hall–Kier alpha value is -1.99. The zero-order valence-corrected chi connectivity index (χ0v) is 16.2. The number of thioether (sulfide) groups is 1. The number of anilines is 2. The lowest BCUT2D eigenvalue weighted by Gasteiger charge is -2.08. The second-order valence-corrected chi connectivity index (χ2v) is 6.87. The molecule has 0 aromatic heterocycles. The van der Waals surface area contributed by atoms with Crippen molar-refractivity contribution in [2.45, 2.75) is 6.92 Å². The van der Waals surface area contributed by atoms with E-state index in [2.05, 4.69) is 26.6 Å². The van der Waals surface area contributed by atoms with Crippen LogP contribution in [0.4, 0.5) is 11.4 Å². The Morgan fingerprint density at radius 3 is 2.28 bits per heavy atom. The van der Waals surface area contributed by atoms with E-state index in [4.69, 9.17) is 4.74 Å². The van der Waals surface area contributed by atoms with Crippen LogP contribution >= 0.6 is 27.7 Å². The van der Waals surface area contributed by atoms with Crippen molar-refractivity contribution in [1.29, 1.82) is 0 Å². The summed E-state index contributed by atoms with van der Waals surface area (Å²) < 4.78 is 6.17. The predicted molar refractivity (Wildman–Crippen MR) is 106 cm³/mol. The maximum Gasteiger partial charge on any atom is 0.234 e. The van der Waals surface area contributed by atoms with Gasteiger partial charge in [0.05, 0.1) is 23.8 Å². The molecule has 0 aliphatic heterocycles. The number of nitrogens with one attached hydrogen (secondary N) is 2. The van der Waals surface area contributed by atoms with E-state index in [1.807, 2.05) is 31.2 Å². The third-order valence-corrected chi connectivity index (χ3v) is 4.69. The lowest BCUT2D eigenvalue weighted by atomic mass is 10.3. The van der Waals surface area contributed by atoms with E-state index in [0.29, 0.717) is 18.0 Å². The van der Waals surface area contributed by atoms with Gasteiger partial charge in [-0.2, -0.15) is 0 Å². The van der Waals surface area contributed by atoms with Crippen LogP contribution in [-0.4, -0.2) is 29.9 Å². The Bertz CT molecular complexity index is 723. The van der Waals surface area contributed by atoms with E-state index in [1.165, 1.54) is 11.8 Å². The van der Waals surface area contributed by atoms with Gasteiger partial charge in [-0.05, 0) is 59.3 Å². The molecule has 2 N–H and O–H groups in total. The van der Waals surface area contributed by atoms with Crippen molar-refractivity contribution in [3.05, 3.63) is 53.0 Å².